The lowest BCUT2D eigenvalue weighted by Crippen LogP contribution is -2.33. The molecule has 136 valence electrons. The van der Waals surface area contributed by atoms with Gasteiger partial charge in [-0.15, -0.1) is 0 Å². The van der Waals surface area contributed by atoms with Gasteiger partial charge in [-0.1, -0.05) is 12.5 Å². The number of hydrogen-bond acceptors (Lipinski definition) is 4. The molecule has 1 atom stereocenters. The van der Waals surface area contributed by atoms with E-state index in [0.29, 0.717) is 11.2 Å². The number of nitrogens with zero attached hydrogens (tertiary/aromatic N) is 4. The highest BCUT2D eigenvalue weighted by atomic mass is 16.1. The highest BCUT2D eigenvalue weighted by molar-refractivity contribution is 5.42. The summed E-state index contributed by atoms with van der Waals surface area (Å²) in [7, 11) is 0. The Bertz CT molecular complexity index is 1000. The smallest absolute Gasteiger partial charge is 0.275 e. The third kappa shape index (κ3) is 3.05. The molecule has 6 heteroatoms. The fraction of sp³-hybridized carbons (Fsp3) is 0.450. The predicted octanol–water partition coefficient (Wildman–Crippen LogP) is 3.07. The normalized spacial score (nSPS) is 18.5. The van der Waals surface area contributed by atoms with E-state index >= 15 is 0 Å². The molecule has 1 aliphatic heterocycles. The zero-order valence-corrected chi connectivity index (χ0v) is 15.6. The topological polar surface area (TPSA) is 66.3 Å². The van der Waals surface area contributed by atoms with Gasteiger partial charge >= 0.3 is 0 Å². The lowest BCUT2D eigenvalue weighted by atomic mass is 9.99. The summed E-state index contributed by atoms with van der Waals surface area (Å²) in [5.74, 6) is 0. The van der Waals surface area contributed by atoms with Crippen LogP contribution in [-0.4, -0.2) is 31.0 Å². The molecule has 1 saturated heterocycles. The Kier molecular flexibility index (Phi) is 4.36. The molecule has 1 aliphatic rings. The number of likely N-dealkylation sites (tertiary alicyclic amines) is 1. The van der Waals surface area contributed by atoms with Crippen molar-refractivity contribution in [3.8, 4) is 0 Å². The van der Waals surface area contributed by atoms with Crippen molar-refractivity contribution in [3.05, 3.63) is 63.0 Å². The Morgan fingerprint density at radius 2 is 2.04 bits per heavy atom. The first-order chi connectivity index (χ1) is 12.5. The number of aryl methyl sites for hydroxylation is 2. The van der Waals surface area contributed by atoms with Gasteiger partial charge in [0.1, 0.15) is 0 Å². The third-order valence-electron chi connectivity index (χ3n) is 5.39. The SMILES string of the molecule is Cc1cccc(CN2CCCC[C@H]2c2cc3nc(C)c(C)c(=O)n3[nH]2)n1. The number of H-pyrrole nitrogens is 1. The standard InChI is InChI=1S/C20H25N5O/c1-13-7-6-8-16(21-13)12-24-10-5-4-9-18(24)17-11-19-22-15(3)14(2)20(26)25(19)23-17/h6-8,11,18,23H,4-5,9-10,12H2,1-3H3/t18-/m0/s1. The highest BCUT2D eigenvalue weighted by Gasteiger charge is 2.26. The average Bonchev–Trinajstić information content (AvgIpc) is 3.04. The van der Waals surface area contributed by atoms with Crippen molar-refractivity contribution in [2.24, 2.45) is 0 Å². The van der Waals surface area contributed by atoms with Crippen LogP contribution in [0.15, 0.2) is 29.1 Å². The number of aromatic amines is 1. The van der Waals surface area contributed by atoms with Crippen LogP contribution in [0.4, 0.5) is 0 Å². The van der Waals surface area contributed by atoms with E-state index < -0.39 is 0 Å². The summed E-state index contributed by atoms with van der Waals surface area (Å²) in [6, 6.07) is 8.46. The second kappa shape index (κ2) is 6.68. The summed E-state index contributed by atoms with van der Waals surface area (Å²) in [6.07, 6.45) is 3.46. The van der Waals surface area contributed by atoms with E-state index in [1.165, 1.54) is 12.8 Å². The van der Waals surface area contributed by atoms with Gasteiger partial charge in [0.25, 0.3) is 5.56 Å². The Labute approximate surface area is 152 Å². The summed E-state index contributed by atoms with van der Waals surface area (Å²) in [6.45, 7) is 7.60. The molecule has 26 heavy (non-hydrogen) atoms. The van der Waals surface area contributed by atoms with Crippen LogP contribution in [0.1, 0.15) is 53.6 Å². The molecule has 0 unspecified atom stereocenters. The number of pyridine rings is 1. The van der Waals surface area contributed by atoms with E-state index in [0.717, 1.165) is 42.3 Å². The molecular weight excluding hydrogens is 326 g/mol. The average molecular weight is 351 g/mol. The summed E-state index contributed by atoms with van der Waals surface area (Å²) in [4.78, 5) is 24.2. The van der Waals surface area contributed by atoms with E-state index in [9.17, 15) is 4.79 Å². The molecule has 3 aromatic heterocycles. The van der Waals surface area contributed by atoms with Gasteiger partial charge in [-0.3, -0.25) is 19.8 Å². The first-order valence-electron chi connectivity index (χ1n) is 9.28. The van der Waals surface area contributed by atoms with E-state index in [2.05, 4.69) is 32.1 Å². The molecule has 0 saturated carbocycles. The number of aromatic nitrogens is 4. The van der Waals surface area contributed by atoms with Crippen LogP contribution in [0.3, 0.4) is 0 Å². The summed E-state index contributed by atoms with van der Waals surface area (Å²) >= 11 is 0. The van der Waals surface area contributed by atoms with Crippen LogP contribution in [-0.2, 0) is 6.54 Å². The lowest BCUT2D eigenvalue weighted by molar-refractivity contribution is 0.135. The van der Waals surface area contributed by atoms with Gasteiger partial charge < -0.3 is 0 Å². The van der Waals surface area contributed by atoms with Crippen LogP contribution in [0.5, 0.6) is 0 Å². The maximum Gasteiger partial charge on any atom is 0.275 e. The zero-order chi connectivity index (χ0) is 18.3. The first-order valence-corrected chi connectivity index (χ1v) is 9.28. The van der Waals surface area contributed by atoms with Gasteiger partial charge in [0.15, 0.2) is 5.65 Å². The molecule has 0 aliphatic carbocycles. The van der Waals surface area contributed by atoms with Crippen LogP contribution < -0.4 is 5.56 Å². The van der Waals surface area contributed by atoms with Gasteiger partial charge in [0.2, 0.25) is 0 Å². The maximum absolute atomic E-state index is 12.5. The number of hydrogen-bond donors (Lipinski definition) is 1. The molecule has 3 aromatic rings. The minimum atomic E-state index is -0.0125. The number of nitrogens with one attached hydrogen (secondary N) is 1. The second-order valence-corrected chi connectivity index (χ2v) is 7.28. The van der Waals surface area contributed by atoms with Crippen molar-refractivity contribution in [1.29, 1.82) is 0 Å². The minimum Gasteiger partial charge on any atom is -0.292 e. The van der Waals surface area contributed by atoms with Gasteiger partial charge in [0, 0.05) is 29.6 Å². The van der Waals surface area contributed by atoms with Crippen LogP contribution in [0.25, 0.3) is 5.65 Å². The molecule has 1 fully saturated rings. The first kappa shape index (κ1) is 17.0. The summed E-state index contributed by atoms with van der Waals surface area (Å²) < 4.78 is 1.58. The Morgan fingerprint density at radius 1 is 1.19 bits per heavy atom. The van der Waals surface area contributed by atoms with E-state index in [1.54, 1.807) is 4.52 Å². The number of piperidine rings is 1. The van der Waals surface area contributed by atoms with Crippen LogP contribution >= 0.6 is 0 Å². The fourth-order valence-corrected chi connectivity index (χ4v) is 3.84. The van der Waals surface area contributed by atoms with Crippen molar-refractivity contribution >= 4 is 5.65 Å². The summed E-state index contributed by atoms with van der Waals surface area (Å²) in [5, 5.41) is 3.31. The number of rotatable bonds is 3. The largest absolute Gasteiger partial charge is 0.292 e. The third-order valence-corrected chi connectivity index (χ3v) is 5.39. The maximum atomic E-state index is 12.5. The molecule has 0 amide bonds. The van der Waals surface area contributed by atoms with Gasteiger partial charge in [0.05, 0.1) is 17.4 Å². The predicted molar refractivity (Wildman–Crippen MR) is 101 cm³/mol. The summed E-state index contributed by atoms with van der Waals surface area (Å²) in [5.41, 5.74) is 5.38. The molecule has 4 rings (SSSR count). The second-order valence-electron chi connectivity index (χ2n) is 7.28. The molecule has 1 N–H and O–H groups in total. The zero-order valence-electron chi connectivity index (χ0n) is 15.6. The monoisotopic (exact) mass is 351 g/mol. The minimum absolute atomic E-state index is 0.0125. The van der Waals surface area contributed by atoms with Crippen molar-refractivity contribution in [1.82, 2.24) is 24.5 Å². The van der Waals surface area contributed by atoms with E-state index in [4.69, 9.17) is 0 Å². The van der Waals surface area contributed by atoms with Crippen molar-refractivity contribution < 1.29 is 0 Å². The van der Waals surface area contributed by atoms with Gasteiger partial charge in [-0.2, -0.15) is 0 Å². The van der Waals surface area contributed by atoms with Crippen LogP contribution in [0, 0.1) is 20.8 Å². The van der Waals surface area contributed by atoms with Crippen molar-refractivity contribution in [3.63, 3.8) is 0 Å². The van der Waals surface area contributed by atoms with Crippen LogP contribution in [0.2, 0.25) is 0 Å². The molecule has 0 aromatic carbocycles. The fourth-order valence-electron chi connectivity index (χ4n) is 3.84. The van der Waals surface area contributed by atoms with Crippen molar-refractivity contribution in [2.45, 2.75) is 52.6 Å². The number of fused-ring (bicyclic) bond motifs is 1. The van der Waals surface area contributed by atoms with Gasteiger partial charge in [-0.05, 0) is 52.3 Å². The molecule has 0 spiro atoms. The molecule has 4 heterocycles. The molecule has 0 bridgehead atoms. The molecule has 0 radical (unpaired) electrons. The lowest BCUT2D eigenvalue weighted by Gasteiger charge is -2.34. The van der Waals surface area contributed by atoms with E-state index in [1.807, 2.05) is 32.9 Å². The van der Waals surface area contributed by atoms with E-state index in [-0.39, 0.29) is 11.6 Å². The Morgan fingerprint density at radius 3 is 2.85 bits per heavy atom. The Hall–Kier alpha value is -2.47. The molecule has 6 nitrogen and oxygen atoms in total. The van der Waals surface area contributed by atoms with Crippen molar-refractivity contribution in [2.75, 3.05) is 6.54 Å². The Balaban J connectivity index is 1.69. The molecular formula is C20H25N5O. The highest BCUT2D eigenvalue weighted by Crippen LogP contribution is 2.31. The van der Waals surface area contributed by atoms with Gasteiger partial charge in [-0.25, -0.2) is 9.50 Å². The quantitative estimate of drug-likeness (QED) is 0.787.